The van der Waals surface area contributed by atoms with E-state index in [2.05, 4.69) is 6.58 Å². The van der Waals surface area contributed by atoms with Crippen LogP contribution in [0.5, 0.6) is 11.5 Å². The van der Waals surface area contributed by atoms with E-state index in [9.17, 15) is 14.0 Å². The van der Waals surface area contributed by atoms with Crippen molar-refractivity contribution < 1.29 is 23.5 Å². The fourth-order valence-electron chi connectivity index (χ4n) is 3.79. The molecule has 0 saturated carbocycles. The first-order valence-corrected chi connectivity index (χ1v) is 10.2. The lowest BCUT2D eigenvalue weighted by molar-refractivity contribution is 0.0716. The van der Waals surface area contributed by atoms with Crippen LogP contribution < -0.4 is 9.47 Å². The number of carbonyl (C=O) groups excluding carboxylic acids is 2. The van der Waals surface area contributed by atoms with Crippen LogP contribution in [0.2, 0.25) is 0 Å². The number of carbonyl (C=O) groups is 2. The molecule has 2 aromatic rings. The number of hydrogen-bond acceptors (Lipinski definition) is 4. The Bertz CT molecular complexity index is 976. The Balaban J connectivity index is 1.78. The van der Waals surface area contributed by atoms with Crippen molar-refractivity contribution >= 4 is 11.8 Å². The van der Waals surface area contributed by atoms with Crippen LogP contribution in [0.15, 0.2) is 49.1 Å². The number of amides is 2. The van der Waals surface area contributed by atoms with E-state index >= 15 is 0 Å². The van der Waals surface area contributed by atoms with Gasteiger partial charge < -0.3 is 19.3 Å². The SMILES string of the molecule is C=CCc1cc(C(=O)N2CCCN(C(=O)c3ccccc3F)CC2)cc(OC)c1OC. The second kappa shape index (κ2) is 10.1. The van der Waals surface area contributed by atoms with Crippen molar-refractivity contribution in [3.05, 3.63) is 71.6 Å². The van der Waals surface area contributed by atoms with Crippen molar-refractivity contribution in [2.45, 2.75) is 12.8 Å². The van der Waals surface area contributed by atoms with Gasteiger partial charge in [-0.3, -0.25) is 9.59 Å². The standard InChI is InChI=1S/C24H27FN2O4/c1-4-8-17-15-18(16-21(30-2)22(17)31-3)23(28)26-11-7-12-27(14-13-26)24(29)19-9-5-6-10-20(19)25/h4-6,9-10,15-16H,1,7-8,11-14H2,2-3H3. The highest BCUT2D eigenvalue weighted by Crippen LogP contribution is 2.33. The zero-order chi connectivity index (χ0) is 22.4. The van der Waals surface area contributed by atoms with E-state index in [-0.39, 0.29) is 17.4 Å². The van der Waals surface area contributed by atoms with Gasteiger partial charge in [0.2, 0.25) is 0 Å². The first-order chi connectivity index (χ1) is 15.0. The molecule has 0 N–H and O–H groups in total. The van der Waals surface area contributed by atoms with Crippen molar-refractivity contribution in [2.24, 2.45) is 0 Å². The maximum absolute atomic E-state index is 14.0. The summed E-state index contributed by atoms with van der Waals surface area (Å²) in [6.45, 7) is 5.44. The third-order valence-corrected chi connectivity index (χ3v) is 5.34. The molecule has 2 amide bonds. The molecule has 0 aromatic heterocycles. The zero-order valence-electron chi connectivity index (χ0n) is 17.9. The Morgan fingerprint density at radius 3 is 2.32 bits per heavy atom. The number of halogens is 1. The Hall–Kier alpha value is -3.35. The van der Waals surface area contributed by atoms with Gasteiger partial charge in [0, 0.05) is 37.3 Å². The molecule has 0 atom stereocenters. The van der Waals surface area contributed by atoms with Crippen LogP contribution in [0.4, 0.5) is 4.39 Å². The fourth-order valence-corrected chi connectivity index (χ4v) is 3.79. The minimum atomic E-state index is -0.537. The summed E-state index contributed by atoms with van der Waals surface area (Å²) < 4.78 is 24.9. The molecule has 164 valence electrons. The second-order valence-electron chi connectivity index (χ2n) is 7.28. The van der Waals surface area contributed by atoms with Gasteiger partial charge in [-0.1, -0.05) is 18.2 Å². The number of ether oxygens (including phenoxy) is 2. The molecule has 1 heterocycles. The molecular weight excluding hydrogens is 399 g/mol. The molecule has 0 aliphatic carbocycles. The Morgan fingerprint density at radius 1 is 1.03 bits per heavy atom. The van der Waals surface area contributed by atoms with Crippen LogP contribution in [-0.4, -0.2) is 62.0 Å². The van der Waals surface area contributed by atoms with Crippen molar-refractivity contribution in [3.8, 4) is 11.5 Å². The Labute approximate surface area is 181 Å². The number of rotatable bonds is 6. The monoisotopic (exact) mass is 426 g/mol. The molecule has 2 aromatic carbocycles. The summed E-state index contributed by atoms with van der Waals surface area (Å²) in [5, 5.41) is 0. The molecule has 3 rings (SSSR count). The average Bonchev–Trinajstić information content (AvgIpc) is 3.04. The van der Waals surface area contributed by atoms with Gasteiger partial charge in [-0.05, 0) is 37.1 Å². The van der Waals surface area contributed by atoms with Crippen LogP contribution in [-0.2, 0) is 6.42 Å². The summed E-state index contributed by atoms with van der Waals surface area (Å²) in [6.07, 6.45) is 2.88. The summed E-state index contributed by atoms with van der Waals surface area (Å²) in [7, 11) is 3.09. The van der Waals surface area contributed by atoms with Gasteiger partial charge in [0.1, 0.15) is 5.82 Å². The van der Waals surface area contributed by atoms with Crippen molar-refractivity contribution in [1.29, 1.82) is 0 Å². The number of benzene rings is 2. The molecule has 0 bridgehead atoms. The Morgan fingerprint density at radius 2 is 1.71 bits per heavy atom. The predicted molar refractivity (Wildman–Crippen MR) is 116 cm³/mol. The summed E-state index contributed by atoms with van der Waals surface area (Å²) in [4.78, 5) is 29.3. The highest BCUT2D eigenvalue weighted by atomic mass is 19.1. The van der Waals surface area contributed by atoms with Gasteiger partial charge >= 0.3 is 0 Å². The summed E-state index contributed by atoms with van der Waals surface area (Å²) in [6, 6.07) is 9.41. The molecule has 1 saturated heterocycles. The fraction of sp³-hybridized carbons (Fsp3) is 0.333. The van der Waals surface area contributed by atoms with E-state index in [1.807, 2.05) is 0 Å². The highest BCUT2D eigenvalue weighted by molar-refractivity contribution is 5.96. The lowest BCUT2D eigenvalue weighted by Crippen LogP contribution is -2.37. The van der Waals surface area contributed by atoms with E-state index in [1.54, 1.807) is 47.3 Å². The number of nitrogens with zero attached hydrogens (tertiary/aromatic N) is 2. The molecule has 0 spiro atoms. The van der Waals surface area contributed by atoms with Crippen LogP contribution in [0.1, 0.15) is 32.7 Å². The van der Waals surface area contributed by atoms with Gasteiger partial charge in [0.25, 0.3) is 11.8 Å². The van der Waals surface area contributed by atoms with Gasteiger partial charge in [0.05, 0.1) is 19.8 Å². The molecule has 31 heavy (non-hydrogen) atoms. The third kappa shape index (κ3) is 4.87. The second-order valence-corrected chi connectivity index (χ2v) is 7.28. The smallest absolute Gasteiger partial charge is 0.256 e. The molecule has 6 nitrogen and oxygen atoms in total. The lowest BCUT2D eigenvalue weighted by Gasteiger charge is -2.23. The normalized spacial score (nSPS) is 14.0. The van der Waals surface area contributed by atoms with Gasteiger partial charge in [-0.15, -0.1) is 6.58 Å². The van der Waals surface area contributed by atoms with Crippen LogP contribution in [0.3, 0.4) is 0 Å². The largest absolute Gasteiger partial charge is 0.493 e. The topological polar surface area (TPSA) is 59.1 Å². The molecule has 1 aliphatic heterocycles. The van der Waals surface area contributed by atoms with Crippen LogP contribution in [0, 0.1) is 5.82 Å². The van der Waals surface area contributed by atoms with E-state index in [1.165, 1.54) is 19.2 Å². The van der Waals surface area contributed by atoms with Crippen molar-refractivity contribution in [2.75, 3.05) is 40.4 Å². The zero-order valence-corrected chi connectivity index (χ0v) is 17.9. The first-order valence-electron chi connectivity index (χ1n) is 10.2. The quantitative estimate of drug-likeness (QED) is 0.663. The molecule has 0 radical (unpaired) electrons. The molecule has 1 fully saturated rings. The molecular formula is C24H27FN2O4. The summed E-state index contributed by atoms with van der Waals surface area (Å²) >= 11 is 0. The highest BCUT2D eigenvalue weighted by Gasteiger charge is 2.26. The maximum atomic E-state index is 14.0. The van der Waals surface area contributed by atoms with Gasteiger partial charge in [-0.2, -0.15) is 0 Å². The minimum Gasteiger partial charge on any atom is -0.493 e. The van der Waals surface area contributed by atoms with Crippen LogP contribution in [0.25, 0.3) is 0 Å². The van der Waals surface area contributed by atoms with E-state index in [0.29, 0.717) is 56.1 Å². The summed E-state index contributed by atoms with van der Waals surface area (Å²) in [5.41, 5.74) is 1.35. The number of allylic oxidation sites excluding steroid dienone is 1. The lowest BCUT2D eigenvalue weighted by atomic mass is 10.0. The minimum absolute atomic E-state index is 0.0521. The van der Waals surface area contributed by atoms with Gasteiger partial charge in [-0.25, -0.2) is 4.39 Å². The maximum Gasteiger partial charge on any atom is 0.256 e. The Kier molecular flexibility index (Phi) is 7.28. The molecule has 1 aliphatic rings. The third-order valence-electron chi connectivity index (χ3n) is 5.34. The van der Waals surface area contributed by atoms with Crippen molar-refractivity contribution in [3.63, 3.8) is 0 Å². The van der Waals surface area contributed by atoms with E-state index in [0.717, 1.165) is 5.56 Å². The molecule has 7 heteroatoms. The van der Waals surface area contributed by atoms with E-state index < -0.39 is 5.82 Å². The first kappa shape index (κ1) is 22.3. The van der Waals surface area contributed by atoms with Gasteiger partial charge in [0.15, 0.2) is 11.5 Å². The average molecular weight is 426 g/mol. The van der Waals surface area contributed by atoms with Crippen molar-refractivity contribution in [1.82, 2.24) is 9.80 Å². The van der Waals surface area contributed by atoms with E-state index in [4.69, 9.17) is 9.47 Å². The molecule has 0 unspecified atom stereocenters. The predicted octanol–water partition coefficient (Wildman–Crippen LogP) is 3.56. The summed E-state index contributed by atoms with van der Waals surface area (Å²) in [5.74, 6) is 0.0239. The van der Waals surface area contributed by atoms with Crippen LogP contribution >= 0.6 is 0 Å². The number of hydrogen-bond donors (Lipinski definition) is 0. The number of methoxy groups -OCH3 is 2.